The average molecular weight is 324 g/mol. The molecule has 0 N–H and O–H groups in total. The van der Waals surface area contributed by atoms with Gasteiger partial charge in [-0.2, -0.15) is 0 Å². The lowest BCUT2D eigenvalue weighted by Gasteiger charge is -1.91. The van der Waals surface area contributed by atoms with Crippen LogP contribution in [-0.4, -0.2) is 30.4 Å². The summed E-state index contributed by atoms with van der Waals surface area (Å²) < 4.78 is 0. The van der Waals surface area contributed by atoms with Crippen molar-refractivity contribution in [2.45, 2.75) is 0 Å². The summed E-state index contributed by atoms with van der Waals surface area (Å²) in [7, 11) is 0. The van der Waals surface area contributed by atoms with Crippen LogP contribution in [0.25, 0.3) is 31.2 Å². The Morgan fingerprint density at radius 3 is 1.27 bits per heavy atom. The van der Waals surface area contributed by atoms with Crippen molar-refractivity contribution in [3.8, 4) is 31.2 Å². The van der Waals surface area contributed by atoms with Gasteiger partial charge in [-0.15, -0.1) is 20.4 Å². The average Bonchev–Trinajstić information content (AvgIpc) is 3.26. The van der Waals surface area contributed by atoms with Crippen LogP contribution in [0.15, 0.2) is 49.1 Å². The highest BCUT2D eigenvalue weighted by molar-refractivity contribution is 7.24. The van der Waals surface area contributed by atoms with Gasteiger partial charge in [-0.1, -0.05) is 22.7 Å². The highest BCUT2D eigenvalue weighted by Gasteiger charge is 2.14. The molecule has 0 spiro atoms. The first-order chi connectivity index (χ1) is 10.9. The van der Waals surface area contributed by atoms with Crippen LogP contribution >= 0.6 is 22.7 Å². The zero-order valence-electron chi connectivity index (χ0n) is 11.1. The van der Waals surface area contributed by atoms with E-state index >= 15 is 0 Å². The molecule has 0 amide bonds. The molecule has 0 aliphatic heterocycles. The van der Waals surface area contributed by atoms with E-state index in [9.17, 15) is 0 Å². The molecule has 4 heterocycles. The second kappa shape index (κ2) is 5.66. The van der Waals surface area contributed by atoms with E-state index in [1.165, 1.54) is 22.7 Å². The zero-order chi connectivity index (χ0) is 14.8. The summed E-state index contributed by atoms with van der Waals surface area (Å²) in [6.07, 6.45) is 6.96. The molecular weight excluding hydrogens is 316 g/mol. The van der Waals surface area contributed by atoms with Gasteiger partial charge in [0.2, 0.25) is 0 Å². The van der Waals surface area contributed by atoms with E-state index < -0.39 is 0 Å². The molecule has 0 saturated carbocycles. The molecule has 0 fully saturated rings. The predicted octanol–water partition coefficient (Wildman–Crippen LogP) is 3.18. The Balaban J connectivity index is 1.66. The molecule has 0 aliphatic rings. The number of hydrogen-bond acceptors (Lipinski definition) is 8. The molecule has 0 aliphatic carbocycles. The van der Waals surface area contributed by atoms with Crippen LogP contribution in [0.5, 0.6) is 0 Å². The first-order valence-corrected chi connectivity index (χ1v) is 8.01. The fourth-order valence-corrected chi connectivity index (χ4v) is 3.55. The summed E-state index contributed by atoms with van der Waals surface area (Å²) in [5.74, 6) is 0. The lowest BCUT2D eigenvalue weighted by atomic mass is 10.3. The topological polar surface area (TPSA) is 77.3 Å². The number of nitrogens with zero attached hydrogens (tertiary/aromatic N) is 6. The molecule has 0 aromatic carbocycles. The third-order valence-corrected chi connectivity index (χ3v) is 4.97. The summed E-state index contributed by atoms with van der Waals surface area (Å²) in [4.78, 5) is 8.01. The van der Waals surface area contributed by atoms with E-state index in [0.29, 0.717) is 0 Å². The van der Waals surface area contributed by atoms with Crippen LogP contribution in [0.2, 0.25) is 0 Å². The maximum Gasteiger partial charge on any atom is 0.178 e. The molecule has 4 rings (SSSR count). The highest BCUT2D eigenvalue weighted by atomic mass is 32.1. The van der Waals surface area contributed by atoms with Crippen molar-refractivity contribution in [2.75, 3.05) is 0 Å². The molecule has 106 valence electrons. The van der Waals surface area contributed by atoms with E-state index in [1.807, 2.05) is 24.3 Å². The van der Waals surface area contributed by atoms with Crippen molar-refractivity contribution in [1.82, 2.24) is 30.4 Å². The predicted molar refractivity (Wildman–Crippen MR) is 85.3 cm³/mol. The van der Waals surface area contributed by atoms with Crippen molar-refractivity contribution in [3.05, 3.63) is 49.1 Å². The van der Waals surface area contributed by atoms with Crippen LogP contribution in [-0.2, 0) is 0 Å². The summed E-state index contributed by atoms with van der Waals surface area (Å²) in [6.45, 7) is 0. The minimum Gasteiger partial charge on any atom is -0.265 e. The third-order valence-electron chi connectivity index (χ3n) is 2.89. The van der Waals surface area contributed by atoms with Gasteiger partial charge < -0.3 is 0 Å². The molecule has 4 aromatic heterocycles. The largest absolute Gasteiger partial charge is 0.265 e. The summed E-state index contributed by atoms with van der Waals surface area (Å²) in [5, 5.41) is 20.1. The van der Waals surface area contributed by atoms with Crippen molar-refractivity contribution in [3.63, 3.8) is 0 Å². The van der Waals surface area contributed by atoms with Crippen LogP contribution in [0, 0.1) is 0 Å². The van der Waals surface area contributed by atoms with Gasteiger partial charge >= 0.3 is 0 Å². The number of aromatic nitrogens is 6. The first-order valence-electron chi connectivity index (χ1n) is 6.38. The van der Waals surface area contributed by atoms with Crippen LogP contribution in [0.4, 0.5) is 0 Å². The SMILES string of the molecule is c1cc(-c2nnc(-c3nnc(-c4ccncc4)s3)s2)ccn1. The molecule has 0 saturated heterocycles. The number of rotatable bonds is 3. The molecule has 0 radical (unpaired) electrons. The Hall–Kier alpha value is -2.58. The van der Waals surface area contributed by atoms with Crippen LogP contribution < -0.4 is 0 Å². The van der Waals surface area contributed by atoms with Gasteiger partial charge in [0, 0.05) is 35.9 Å². The minimum absolute atomic E-state index is 0.768. The van der Waals surface area contributed by atoms with Crippen molar-refractivity contribution < 1.29 is 0 Å². The zero-order valence-corrected chi connectivity index (χ0v) is 12.8. The lowest BCUT2D eigenvalue weighted by Crippen LogP contribution is -1.77. The molecular formula is C14H8N6S2. The second-order valence-electron chi connectivity index (χ2n) is 4.30. The van der Waals surface area contributed by atoms with Gasteiger partial charge in [0.05, 0.1) is 0 Å². The van der Waals surface area contributed by atoms with Crippen molar-refractivity contribution in [2.24, 2.45) is 0 Å². The highest BCUT2D eigenvalue weighted by Crippen LogP contribution is 2.33. The van der Waals surface area contributed by atoms with E-state index in [4.69, 9.17) is 0 Å². The van der Waals surface area contributed by atoms with Gasteiger partial charge in [0.25, 0.3) is 0 Å². The Morgan fingerprint density at radius 1 is 0.500 bits per heavy atom. The van der Waals surface area contributed by atoms with E-state index in [1.54, 1.807) is 24.8 Å². The van der Waals surface area contributed by atoms with E-state index in [-0.39, 0.29) is 0 Å². The van der Waals surface area contributed by atoms with Gasteiger partial charge in [-0.25, -0.2) is 0 Å². The number of pyridine rings is 2. The summed E-state index contributed by atoms with van der Waals surface area (Å²) in [5.41, 5.74) is 2.00. The first kappa shape index (κ1) is 13.1. The summed E-state index contributed by atoms with van der Waals surface area (Å²) in [6, 6.07) is 7.64. The maximum absolute atomic E-state index is 4.21. The Kier molecular flexibility index (Phi) is 3.37. The Labute approximate surface area is 133 Å². The van der Waals surface area contributed by atoms with Crippen molar-refractivity contribution >= 4 is 22.7 Å². The Bertz CT molecular complexity index is 812. The molecule has 4 aromatic rings. The molecule has 6 nitrogen and oxygen atoms in total. The molecule has 0 unspecified atom stereocenters. The fourth-order valence-electron chi connectivity index (χ4n) is 1.84. The van der Waals surface area contributed by atoms with Gasteiger partial charge in [0.15, 0.2) is 10.0 Å². The molecule has 0 atom stereocenters. The lowest BCUT2D eigenvalue weighted by molar-refractivity contribution is 1.06. The Morgan fingerprint density at radius 2 is 0.864 bits per heavy atom. The monoisotopic (exact) mass is 324 g/mol. The molecule has 8 heteroatoms. The standard InChI is InChI=1S/C14H8N6S2/c1-5-15-6-2-9(1)11-17-19-13(21-11)14-20-18-12(22-14)10-3-7-16-8-4-10/h1-8H. The smallest absolute Gasteiger partial charge is 0.178 e. The second-order valence-corrected chi connectivity index (χ2v) is 6.25. The maximum atomic E-state index is 4.21. The van der Waals surface area contributed by atoms with Gasteiger partial charge in [-0.05, 0) is 24.3 Å². The molecule has 0 bridgehead atoms. The van der Waals surface area contributed by atoms with Crippen LogP contribution in [0.1, 0.15) is 0 Å². The van der Waals surface area contributed by atoms with Gasteiger partial charge in [0.1, 0.15) is 10.0 Å². The third kappa shape index (κ3) is 2.49. The quantitative estimate of drug-likeness (QED) is 0.576. The normalized spacial score (nSPS) is 10.7. The van der Waals surface area contributed by atoms with E-state index in [0.717, 1.165) is 31.2 Å². The number of hydrogen-bond donors (Lipinski definition) is 0. The van der Waals surface area contributed by atoms with Crippen LogP contribution in [0.3, 0.4) is 0 Å². The summed E-state index contributed by atoms with van der Waals surface area (Å²) >= 11 is 2.99. The fraction of sp³-hybridized carbons (Fsp3) is 0. The van der Waals surface area contributed by atoms with E-state index in [2.05, 4.69) is 30.4 Å². The van der Waals surface area contributed by atoms with Gasteiger partial charge in [-0.3, -0.25) is 9.97 Å². The minimum atomic E-state index is 0.768. The molecule has 22 heavy (non-hydrogen) atoms. The van der Waals surface area contributed by atoms with Crippen molar-refractivity contribution in [1.29, 1.82) is 0 Å².